The van der Waals surface area contributed by atoms with Gasteiger partial charge >= 0.3 is 6.03 Å². The van der Waals surface area contributed by atoms with Crippen LogP contribution < -0.4 is 14.4 Å². The highest BCUT2D eigenvalue weighted by molar-refractivity contribution is 5.93. The number of urea groups is 1. The Kier molecular flexibility index (Phi) is 10.3. The summed E-state index contributed by atoms with van der Waals surface area (Å²) >= 11 is 0. The van der Waals surface area contributed by atoms with E-state index in [1.807, 2.05) is 62.7 Å². The summed E-state index contributed by atoms with van der Waals surface area (Å²) in [5.74, 6) is 1.32. The fraction of sp³-hybridized carbons (Fsp3) is 0.545. The number of hydrogen-bond acceptors (Lipinski definition) is 7. The van der Waals surface area contributed by atoms with Crippen LogP contribution in [0, 0.1) is 0 Å². The zero-order chi connectivity index (χ0) is 31.1. The van der Waals surface area contributed by atoms with Gasteiger partial charge in [0.1, 0.15) is 17.8 Å². The maximum atomic E-state index is 13.7. The standard InChI is InChI=1S/C33H45N5O6/c1-5-6-7-18-43-29-20-26(9-10-28(29)42-4)38-15-8-14-36(32(38)40)21-25-11-13-34-31-27(25)12-16-35(31)22-30(39)37-17-19-44-33(2,23-37)24-41-3/h9-13,16,20H,5-8,14-15,17-19,21-24H2,1-4H3. The molecule has 4 heterocycles. The summed E-state index contributed by atoms with van der Waals surface area (Å²) in [5.41, 5.74) is 1.99. The third-order valence-corrected chi connectivity index (χ3v) is 8.33. The summed E-state index contributed by atoms with van der Waals surface area (Å²) in [4.78, 5) is 37.1. The molecule has 1 atom stereocenters. The first-order valence-electron chi connectivity index (χ1n) is 15.6. The van der Waals surface area contributed by atoms with Gasteiger partial charge in [0.25, 0.3) is 0 Å². The number of unbranched alkanes of at least 4 members (excludes halogenated alkanes) is 2. The third-order valence-electron chi connectivity index (χ3n) is 8.33. The number of carbonyl (C=O) groups is 2. The van der Waals surface area contributed by atoms with Crippen LogP contribution in [0.15, 0.2) is 42.7 Å². The predicted octanol–water partition coefficient (Wildman–Crippen LogP) is 4.71. The van der Waals surface area contributed by atoms with Crippen molar-refractivity contribution in [2.75, 3.05) is 65.1 Å². The van der Waals surface area contributed by atoms with Crippen LogP contribution in [0.25, 0.3) is 11.0 Å². The van der Waals surface area contributed by atoms with E-state index >= 15 is 0 Å². The van der Waals surface area contributed by atoms with Gasteiger partial charge in [-0.05, 0) is 49.6 Å². The molecule has 5 rings (SSSR count). The van der Waals surface area contributed by atoms with E-state index < -0.39 is 5.60 Å². The molecule has 1 aromatic carbocycles. The van der Waals surface area contributed by atoms with Crippen molar-refractivity contribution in [2.24, 2.45) is 0 Å². The molecule has 2 aromatic heterocycles. The number of amides is 3. The number of anilines is 1. The molecule has 3 aromatic rings. The normalized spacial score (nSPS) is 19.1. The van der Waals surface area contributed by atoms with E-state index in [2.05, 4.69) is 11.9 Å². The van der Waals surface area contributed by atoms with Crippen LogP contribution in [0.5, 0.6) is 11.5 Å². The highest BCUT2D eigenvalue weighted by atomic mass is 16.5. The van der Waals surface area contributed by atoms with Gasteiger partial charge in [-0.25, -0.2) is 9.78 Å². The van der Waals surface area contributed by atoms with Crippen molar-refractivity contribution in [1.82, 2.24) is 19.4 Å². The van der Waals surface area contributed by atoms with E-state index in [1.54, 1.807) is 20.4 Å². The molecule has 0 radical (unpaired) electrons. The number of ether oxygens (including phenoxy) is 4. The molecule has 11 heteroatoms. The number of aromatic nitrogens is 2. The highest BCUT2D eigenvalue weighted by Crippen LogP contribution is 2.34. The molecule has 0 saturated carbocycles. The zero-order valence-corrected chi connectivity index (χ0v) is 26.4. The van der Waals surface area contributed by atoms with Crippen molar-refractivity contribution in [3.63, 3.8) is 0 Å². The molecule has 44 heavy (non-hydrogen) atoms. The third kappa shape index (κ3) is 7.10. The smallest absolute Gasteiger partial charge is 0.324 e. The van der Waals surface area contributed by atoms with Crippen LogP contribution in [0.3, 0.4) is 0 Å². The molecular weight excluding hydrogens is 562 g/mol. The summed E-state index contributed by atoms with van der Waals surface area (Å²) in [6.07, 6.45) is 7.69. The number of fused-ring (bicyclic) bond motifs is 1. The second kappa shape index (κ2) is 14.3. The molecular formula is C33H45N5O6. The fourth-order valence-electron chi connectivity index (χ4n) is 6.05. The van der Waals surface area contributed by atoms with E-state index in [0.29, 0.717) is 64.0 Å². The van der Waals surface area contributed by atoms with Gasteiger partial charge in [0.2, 0.25) is 5.91 Å². The van der Waals surface area contributed by atoms with Crippen molar-refractivity contribution >= 4 is 28.7 Å². The van der Waals surface area contributed by atoms with Crippen LogP contribution >= 0.6 is 0 Å². The van der Waals surface area contributed by atoms with E-state index in [1.165, 1.54) is 0 Å². The first-order chi connectivity index (χ1) is 21.4. The fourth-order valence-corrected chi connectivity index (χ4v) is 6.05. The number of hydrogen-bond donors (Lipinski definition) is 0. The van der Waals surface area contributed by atoms with Crippen LogP contribution in [-0.2, 0) is 27.4 Å². The Labute approximate surface area is 259 Å². The van der Waals surface area contributed by atoms with Gasteiger partial charge in [0.15, 0.2) is 11.5 Å². The van der Waals surface area contributed by atoms with Crippen molar-refractivity contribution in [3.8, 4) is 11.5 Å². The van der Waals surface area contributed by atoms with Crippen LogP contribution in [0.2, 0.25) is 0 Å². The Morgan fingerprint density at radius 3 is 2.75 bits per heavy atom. The Morgan fingerprint density at radius 1 is 1.09 bits per heavy atom. The lowest BCUT2D eigenvalue weighted by molar-refractivity contribution is -0.156. The Bertz CT molecular complexity index is 1440. The van der Waals surface area contributed by atoms with Gasteiger partial charge in [-0.15, -0.1) is 0 Å². The van der Waals surface area contributed by atoms with E-state index in [-0.39, 0.29) is 18.5 Å². The lowest BCUT2D eigenvalue weighted by atomic mass is 10.1. The van der Waals surface area contributed by atoms with E-state index in [4.69, 9.17) is 18.9 Å². The first kappa shape index (κ1) is 31.6. The van der Waals surface area contributed by atoms with Gasteiger partial charge < -0.3 is 33.3 Å². The zero-order valence-electron chi connectivity index (χ0n) is 26.4. The van der Waals surface area contributed by atoms with Gasteiger partial charge in [0, 0.05) is 62.8 Å². The van der Waals surface area contributed by atoms with Crippen molar-refractivity contribution in [1.29, 1.82) is 0 Å². The second-order valence-electron chi connectivity index (χ2n) is 11.8. The molecule has 0 bridgehead atoms. The number of nitrogens with zero attached hydrogens (tertiary/aromatic N) is 5. The van der Waals surface area contributed by atoms with E-state index in [0.717, 1.165) is 48.0 Å². The minimum Gasteiger partial charge on any atom is -0.493 e. The molecule has 11 nitrogen and oxygen atoms in total. The molecule has 238 valence electrons. The number of morpholine rings is 1. The molecule has 1 unspecified atom stereocenters. The number of carbonyl (C=O) groups excluding carboxylic acids is 2. The minimum absolute atomic E-state index is 0.00962. The quantitative estimate of drug-likeness (QED) is 0.260. The van der Waals surface area contributed by atoms with Crippen molar-refractivity contribution in [3.05, 3.63) is 48.3 Å². The largest absolute Gasteiger partial charge is 0.493 e. The topological polar surface area (TPSA) is 98.6 Å². The molecule has 0 aliphatic carbocycles. The van der Waals surface area contributed by atoms with E-state index in [9.17, 15) is 9.59 Å². The number of pyridine rings is 1. The van der Waals surface area contributed by atoms with Crippen molar-refractivity contribution in [2.45, 2.75) is 58.2 Å². The summed E-state index contributed by atoms with van der Waals surface area (Å²) in [6, 6.07) is 9.56. The average molecular weight is 608 g/mol. The van der Waals surface area contributed by atoms with Gasteiger partial charge in [-0.3, -0.25) is 9.69 Å². The summed E-state index contributed by atoms with van der Waals surface area (Å²) in [7, 11) is 3.27. The summed E-state index contributed by atoms with van der Waals surface area (Å²) in [6.45, 7) is 8.58. The monoisotopic (exact) mass is 607 g/mol. The molecule has 2 saturated heterocycles. The second-order valence-corrected chi connectivity index (χ2v) is 11.8. The van der Waals surface area contributed by atoms with Gasteiger partial charge in [-0.1, -0.05) is 19.8 Å². The maximum Gasteiger partial charge on any atom is 0.324 e. The molecule has 0 N–H and O–H groups in total. The van der Waals surface area contributed by atoms with Crippen LogP contribution in [0.1, 0.15) is 45.1 Å². The SMILES string of the molecule is CCCCCOc1cc(N2CCCN(Cc3ccnc4c3ccn4CC(=O)N3CCOC(C)(COC)C3)C2=O)ccc1OC. The van der Waals surface area contributed by atoms with Gasteiger partial charge in [0.05, 0.1) is 33.5 Å². The molecule has 2 aliphatic heterocycles. The van der Waals surface area contributed by atoms with Crippen molar-refractivity contribution < 1.29 is 28.5 Å². The maximum absolute atomic E-state index is 13.7. The first-order valence-corrected chi connectivity index (χ1v) is 15.6. The summed E-state index contributed by atoms with van der Waals surface area (Å²) in [5, 5.41) is 0.934. The Hall–Kier alpha value is -3.83. The summed E-state index contributed by atoms with van der Waals surface area (Å²) < 4.78 is 24.6. The molecule has 3 amide bonds. The van der Waals surface area contributed by atoms with Gasteiger partial charge in [-0.2, -0.15) is 0 Å². The molecule has 2 fully saturated rings. The lowest BCUT2D eigenvalue weighted by Crippen LogP contribution is -2.54. The highest BCUT2D eigenvalue weighted by Gasteiger charge is 2.34. The number of benzene rings is 1. The predicted molar refractivity (Wildman–Crippen MR) is 168 cm³/mol. The van der Waals surface area contributed by atoms with Crippen LogP contribution in [0.4, 0.5) is 10.5 Å². The minimum atomic E-state index is -0.517. The number of rotatable bonds is 13. The lowest BCUT2D eigenvalue weighted by Gasteiger charge is -2.40. The Morgan fingerprint density at radius 2 is 1.95 bits per heavy atom. The van der Waals surface area contributed by atoms with Crippen LogP contribution in [-0.4, -0.2) is 97.1 Å². The number of methoxy groups -OCH3 is 2. The molecule has 0 spiro atoms. The average Bonchev–Trinajstić information content (AvgIpc) is 3.43. The Balaban J connectivity index is 1.28. The molecule has 2 aliphatic rings.